The van der Waals surface area contributed by atoms with Crippen molar-refractivity contribution in [3.8, 4) is 17.6 Å². The lowest BCUT2D eigenvalue weighted by atomic mass is 10.0. The molecule has 16 heavy (non-hydrogen) atoms. The average Bonchev–Trinajstić information content (AvgIpc) is 2.28. The second-order valence-electron chi connectivity index (χ2n) is 3.16. The third-order valence-electron chi connectivity index (χ3n) is 2.26. The van der Waals surface area contributed by atoms with Crippen LogP contribution in [0.5, 0.6) is 11.5 Å². The molecule has 0 spiro atoms. The third kappa shape index (κ3) is 1.91. The normalized spacial score (nSPS) is 10.8. The van der Waals surface area contributed by atoms with Crippen LogP contribution >= 0.6 is 0 Å². The number of methoxy groups -OCH3 is 2. The van der Waals surface area contributed by atoms with E-state index < -0.39 is 11.5 Å². The second-order valence-corrected chi connectivity index (χ2v) is 3.16. The van der Waals surface area contributed by atoms with Crippen LogP contribution in [0.4, 0.5) is 8.78 Å². The van der Waals surface area contributed by atoms with E-state index in [1.54, 1.807) is 6.92 Å². The summed E-state index contributed by atoms with van der Waals surface area (Å²) in [5, 5.41) is 8.40. The van der Waals surface area contributed by atoms with Crippen LogP contribution in [-0.4, -0.2) is 14.2 Å². The van der Waals surface area contributed by atoms with Crippen LogP contribution in [0.1, 0.15) is 11.1 Å². The maximum Gasteiger partial charge on any atom is 0.360 e. The molecular formula is C11H11F2NO2. The number of ether oxygens (including phenoxy) is 2. The van der Waals surface area contributed by atoms with Crippen LogP contribution < -0.4 is 9.47 Å². The minimum absolute atomic E-state index is 0.0223. The Morgan fingerprint density at radius 1 is 1.25 bits per heavy atom. The Hall–Kier alpha value is -1.83. The van der Waals surface area contributed by atoms with Gasteiger partial charge in [0.25, 0.3) is 0 Å². The Labute approximate surface area is 92.2 Å². The summed E-state index contributed by atoms with van der Waals surface area (Å²) in [5.41, 5.74) is -0.00627. The molecule has 0 aromatic heterocycles. The summed E-state index contributed by atoms with van der Waals surface area (Å²) in [6.45, 7) is 1.59. The van der Waals surface area contributed by atoms with Gasteiger partial charge in [-0.3, -0.25) is 0 Å². The van der Waals surface area contributed by atoms with E-state index in [1.807, 2.05) is 0 Å². The molecule has 0 amide bonds. The summed E-state index contributed by atoms with van der Waals surface area (Å²) in [4.78, 5) is 0. The maximum absolute atomic E-state index is 13.3. The van der Waals surface area contributed by atoms with Crippen molar-refractivity contribution >= 4 is 0 Å². The van der Waals surface area contributed by atoms with Gasteiger partial charge in [0.05, 0.1) is 19.8 Å². The molecule has 0 bridgehead atoms. The molecule has 0 aliphatic heterocycles. The fourth-order valence-corrected chi connectivity index (χ4v) is 1.47. The number of halogens is 2. The highest BCUT2D eigenvalue weighted by Gasteiger charge is 2.35. The van der Waals surface area contributed by atoms with Crippen molar-refractivity contribution in [2.24, 2.45) is 0 Å². The summed E-state index contributed by atoms with van der Waals surface area (Å²) < 4.78 is 36.4. The molecule has 0 unspecified atom stereocenters. The second kappa shape index (κ2) is 4.35. The van der Waals surface area contributed by atoms with Crippen LogP contribution in [0.25, 0.3) is 0 Å². The van der Waals surface area contributed by atoms with Gasteiger partial charge in [-0.25, -0.2) is 0 Å². The molecule has 3 nitrogen and oxygen atoms in total. The van der Waals surface area contributed by atoms with E-state index in [0.717, 1.165) is 12.1 Å². The van der Waals surface area contributed by atoms with Crippen molar-refractivity contribution in [2.75, 3.05) is 14.2 Å². The van der Waals surface area contributed by atoms with Crippen LogP contribution in [0.3, 0.4) is 0 Å². The Morgan fingerprint density at radius 3 is 2.31 bits per heavy atom. The van der Waals surface area contributed by atoms with Crippen molar-refractivity contribution in [3.63, 3.8) is 0 Å². The first-order valence-electron chi connectivity index (χ1n) is 4.49. The van der Waals surface area contributed by atoms with Gasteiger partial charge in [0.1, 0.15) is 17.6 Å². The van der Waals surface area contributed by atoms with Crippen LogP contribution in [0.2, 0.25) is 0 Å². The highest BCUT2D eigenvalue weighted by molar-refractivity contribution is 5.52. The maximum atomic E-state index is 13.3. The monoisotopic (exact) mass is 227 g/mol. The van der Waals surface area contributed by atoms with Crippen molar-refractivity contribution in [2.45, 2.75) is 12.8 Å². The van der Waals surface area contributed by atoms with Crippen LogP contribution in [0, 0.1) is 18.3 Å². The van der Waals surface area contributed by atoms with E-state index in [1.165, 1.54) is 20.3 Å². The molecule has 0 radical (unpaired) electrons. The minimum Gasteiger partial charge on any atom is -0.496 e. The number of rotatable bonds is 3. The number of hydrogen-bond donors (Lipinski definition) is 0. The molecular weight excluding hydrogens is 216 g/mol. The minimum atomic E-state index is -3.57. The molecule has 1 aromatic carbocycles. The van der Waals surface area contributed by atoms with Gasteiger partial charge in [0.15, 0.2) is 0 Å². The van der Waals surface area contributed by atoms with E-state index in [4.69, 9.17) is 14.7 Å². The third-order valence-corrected chi connectivity index (χ3v) is 2.26. The summed E-state index contributed by atoms with van der Waals surface area (Å²) in [5.74, 6) is -3.15. The fraction of sp³-hybridized carbons (Fsp3) is 0.364. The van der Waals surface area contributed by atoms with E-state index in [2.05, 4.69) is 0 Å². The lowest BCUT2D eigenvalue weighted by Gasteiger charge is -2.16. The number of alkyl halides is 2. The standard InChI is InChI=1S/C11H11F2NO2/c1-7-9(15-2)5-4-8(10(7)16-3)11(12,13)6-14/h4-5H,1-3H3. The summed E-state index contributed by atoms with van der Waals surface area (Å²) in [6.07, 6.45) is 0. The summed E-state index contributed by atoms with van der Waals surface area (Å²) in [7, 11) is 2.71. The molecule has 0 fully saturated rings. The molecule has 5 heteroatoms. The molecule has 1 aromatic rings. The highest BCUT2D eigenvalue weighted by atomic mass is 19.3. The topological polar surface area (TPSA) is 42.2 Å². The van der Waals surface area contributed by atoms with Crippen molar-refractivity contribution < 1.29 is 18.3 Å². The van der Waals surface area contributed by atoms with E-state index in [0.29, 0.717) is 11.3 Å². The fourth-order valence-electron chi connectivity index (χ4n) is 1.47. The lowest BCUT2D eigenvalue weighted by molar-refractivity contribution is 0.0582. The molecule has 0 heterocycles. The van der Waals surface area contributed by atoms with Crippen molar-refractivity contribution in [1.29, 1.82) is 5.26 Å². The molecule has 0 saturated heterocycles. The van der Waals surface area contributed by atoms with Gasteiger partial charge in [-0.2, -0.15) is 14.0 Å². The smallest absolute Gasteiger partial charge is 0.360 e. The van der Waals surface area contributed by atoms with Gasteiger partial charge in [-0.05, 0) is 19.1 Å². The zero-order valence-electron chi connectivity index (χ0n) is 9.17. The zero-order valence-corrected chi connectivity index (χ0v) is 9.17. The molecule has 1 rings (SSSR count). The molecule has 0 atom stereocenters. The molecule has 0 aliphatic rings. The van der Waals surface area contributed by atoms with Crippen LogP contribution in [0.15, 0.2) is 12.1 Å². The highest BCUT2D eigenvalue weighted by Crippen LogP contribution is 2.39. The van der Waals surface area contributed by atoms with Gasteiger partial charge in [-0.1, -0.05) is 0 Å². The number of nitriles is 1. The van der Waals surface area contributed by atoms with E-state index >= 15 is 0 Å². The van der Waals surface area contributed by atoms with Gasteiger partial charge in [-0.15, -0.1) is 0 Å². The average molecular weight is 227 g/mol. The van der Waals surface area contributed by atoms with Gasteiger partial charge >= 0.3 is 5.92 Å². The molecule has 86 valence electrons. The van der Waals surface area contributed by atoms with Gasteiger partial charge in [0.2, 0.25) is 0 Å². The predicted molar refractivity (Wildman–Crippen MR) is 53.8 cm³/mol. The summed E-state index contributed by atoms with van der Waals surface area (Å²) >= 11 is 0. The Bertz CT molecular complexity index is 438. The molecule has 0 N–H and O–H groups in total. The van der Waals surface area contributed by atoms with E-state index in [9.17, 15) is 8.78 Å². The number of hydrogen-bond acceptors (Lipinski definition) is 3. The molecule has 0 saturated carbocycles. The Kier molecular flexibility index (Phi) is 3.33. The Balaban J connectivity index is 3.44. The molecule has 0 aliphatic carbocycles. The van der Waals surface area contributed by atoms with Crippen LogP contribution in [-0.2, 0) is 5.92 Å². The number of nitrogens with zero attached hydrogens (tertiary/aromatic N) is 1. The van der Waals surface area contributed by atoms with E-state index in [-0.39, 0.29) is 5.75 Å². The zero-order chi connectivity index (χ0) is 12.3. The predicted octanol–water partition coefficient (Wildman–Crippen LogP) is 2.63. The Morgan fingerprint density at radius 2 is 1.88 bits per heavy atom. The quantitative estimate of drug-likeness (QED) is 0.797. The SMILES string of the molecule is COc1ccc(C(F)(F)C#N)c(OC)c1C. The van der Waals surface area contributed by atoms with Gasteiger partial charge in [0, 0.05) is 5.56 Å². The number of benzene rings is 1. The van der Waals surface area contributed by atoms with Crippen molar-refractivity contribution in [1.82, 2.24) is 0 Å². The van der Waals surface area contributed by atoms with Crippen molar-refractivity contribution in [3.05, 3.63) is 23.3 Å². The van der Waals surface area contributed by atoms with Gasteiger partial charge < -0.3 is 9.47 Å². The first kappa shape index (κ1) is 12.2. The lowest BCUT2D eigenvalue weighted by Crippen LogP contribution is -2.12. The first-order chi connectivity index (χ1) is 7.47. The first-order valence-corrected chi connectivity index (χ1v) is 4.49. The summed E-state index contributed by atoms with van der Waals surface area (Å²) in [6, 6.07) is 3.46. The largest absolute Gasteiger partial charge is 0.496 e.